The van der Waals surface area contributed by atoms with Crippen molar-refractivity contribution in [3.63, 3.8) is 0 Å². The molecule has 0 aromatic heterocycles. The molecule has 2 atom stereocenters. The highest BCUT2D eigenvalue weighted by Crippen LogP contribution is 2.26. The lowest BCUT2D eigenvalue weighted by Crippen LogP contribution is -2.52. The van der Waals surface area contributed by atoms with Crippen LogP contribution in [-0.2, 0) is 26.2 Å². The van der Waals surface area contributed by atoms with Gasteiger partial charge in [0.15, 0.2) is 0 Å². The second kappa shape index (κ2) is 13.3. The molecule has 0 saturated carbocycles. The van der Waals surface area contributed by atoms with Crippen molar-refractivity contribution in [2.75, 3.05) is 18.0 Å². The lowest BCUT2D eigenvalue weighted by molar-refractivity contribution is -0.139. The maximum atomic E-state index is 14.0. The zero-order valence-corrected chi connectivity index (χ0v) is 23.9. The SMILES string of the molecule is CC[C@@H](C)NC(=O)[C@@H](C)N(Cc1ccccc1C)C(=O)CN(c1ccc(OC)cc1)S(=O)(=O)c1ccccc1. The number of nitrogens with one attached hydrogen (secondary N) is 1. The minimum Gasteiger partial charge on any atom is -0.497 e. The Morgan fingerprint density at radius 1 is 0.923 bits per heavy atom. The molecule has 0 aliphatic heterocycles. The summed E-state index contributed by atoms with van der Waals surface area (Å²) in [4.78, 5) is 28.6. The van der Waals surface area contributed by atoms with E-state index in [0.717, 1.165) is 21.9 Å². The third-order valence-electron chi connectivity index (χ3n) is 6.74. The average molecular weight is 552 g/mol. The fraction of sp³-hybridized carbons (Fsp3) is 0.333. The van der Waals surface area contributed by atoms with Gasteiger partial charge in [0.1, 0.15) is 18.3 Å². The Kier molecular flexibility index (Phi) is 10.1. The van der Waals surface area contributed by atoms with Crippen LogP contribution in [0.3, 0.4) is 0 Å². The largest absolute Gasteiger partial charge is 0.497 e. The smallest absolute Gasteiger partial charge is 0.264 e. The van der Waals surface area contributed by atoms with Crippen molar-refractivity contribution >= 4 is 27.5 Å². The van der Waals surface area contributed by atoms with Gasteiger partial charge in [0.25, 0.3) is 10.0 Å². The first-order chi connectivity index (χ1) is 18.6. The van der Waals surface area contributed by atoms with E-state index in [2.05, 4.69) is 5.32 Å². The van der Waals surface area contributed by atoms with Crippen molar-refractivity contribution in [2.45, 2.75) is 57.6 Å². The lowest BCUT2D eigenvalue weighted by Gasteiger charge is -2.32. The number of hydrogen-bond donors (Lipinski definition) is 1. The van der Waals surface area contributed by atoms with Gasteiger partial charge in [0, 0.05) is 12.6 Å². The Hall–Kier alpha value is -3.85. The third-order valence-corrected chi connectivity index (χ3v) is 8.53. The Labute approximate surface area is 231 Å². The molecular formula is C30H37N3O5S. The summed E-state index contributed by atoms with van der Waals surface area (Å²) in [5, 5.41) is 2.94. The second-order valence-corrected chi connectivity index (χ2v) is 11.3. The van der Waals surface area contributed by atoms with Crippen molar-refractivity contribution in [3.8, 4) is 5.75 Å². The molecule has 9 heteroatoms. The number of amides is 2. The number of nitrogens with zero attached hydrogens (tertiary/aromatic N) is 2. The molecular weight excluding hydrogens is 514 g/mol. The van der Waals surface area contributed by atoms with Gasteiger partial charge in [-0.25, -0.2) is 8.42 Å². The summed E-state index contributed by atoms with van der Waals surface area (Å²) in [6, 6.07) is 21.2. The molecule has 0 saturated heterocycles. The van der Waals surface area contributed by atoms with Gasteiger partial charge in [-0.05, 0) is 74.7 Å². The van der Waals surface area contributed by atoms with E-state index in [-0.39, 0.29) is 23.4 Å². The van der Waals surface area contributed by atoms with Crippen molar-refractivity contribution in [3.05, 3.63) is 90.0 Å². The third kappa shape index (κ3) is 7.38. The van der Waals surface area contributed by atoms with Crippen molar-refractivity contribution in [1.29, 1.82) is 0 Å². The molecule has 0 spiro atoms. The van der Waals surface area contributed by atoms with Crippen molar-refractivity contribution in [1.82, 2.24) is 10.2 Å². The highest BCUT2D eigenvalue weighted by molar-refractivity contribution is 7.92. The molecule has 0 bridgehead atoms. The summed E-state index contributed by atoms with van der Waals surface area (Å²) >= 11 is 0. The van der Waals surface area contributed by atoms with E-state index in [9.17, 15) is 18.0 Å². The molecule has 3 rings (SSSR count). The Morgan fingerprint density at radius 2 is 1.54 bits per heavy atom. The van der Waals surface area contributed by atoms with Gasteiger partial charge in [0.2, 0.25) is 11.8 Å². The number of benzene rings is 3. The summed E-state index contributed by atoms with van der Waals surface area (Å²) in [7, 11) is -2.59. The summed E-state index contributed by atoms with van der Waals surface area (Å²) < 4.78 is 33.9. The highest BCUT2D eigenvalue weighted by Gasteiger charge is 2.33. The number of methoxy groups -OCH3 is 1. The first-order valence-electron chi connectivity index (χ1n) is 12.9. The number of anilines is 1. The first kappa shape index (κ1) is 29.7. The molecule has 3 aromatic carbocycles. The normalized spacial score (nSPS) is 12.7. The first-order valence-corrected chi connectivity index (χ1v) is 14.4. The molecule has 0 unspecified atom stereocenters. The van der Waals surface area contributed by atoms with Crippen LogP contribution in [0.5, 0.6) is 5.75 Å². The monoisotopic (exact) mass is 551 g/mol. The zero-order valence-electron chi connectivity index (χ0n) is 23.1. The highest BCUT2D eigenvalue weighted by atomic mass is 32.2. The van der Waals surface area contributed by atoms with Crippen molar-refractivity contribution in [2.24, 2.45) is 0 Å². The van der Waals surface area contributed by atoms with Gasteiger partial charge in [-0.1, -0.05) is 49.4 Å². The van der Waals surface area contributed by atoms with E-state index in [0.29, 0.717) is 11.4 Å². The summed E-state index contributed by atoms with van der Waals surface area (Å²) in [5.41, 5.74) is 2.14. The number of rotatable bonds is 12. The number of ether oxygens (including phenoxy) is 1. The minimum absolute atomic E-state index is 0.0571. The van der Waals surface area contributed by atoms with Gasteiger partial charge in [-0.15, -0.1) is 0 Å². The summed E-state index contributed by atoms with van der Waals surface area (Å²) in [6.45, 7) is 7.13. The predicted molar refractivity (Wildman–Crippen MR) is 153 cm³/mol. The van der Waals surface area contributed by atoms with Crippen LogP contribution in [0.15, 0.2) is 83.8 Å². The molecule has 0 aliphatic rings. The molecule has 3 aromatic rings. The van der Waals surface area contributed by atoms with Gasteiger partial charge < -0.3 is 15.0 Å². The van der Waals surface area contributed by atoms with Crippen LogP contribution < -0.4 is 14.4 Å². The van der Waals surface area contributed by atoms with Crippen LogP contribution in [0.25, 0.3) is 0 Å². The number of sulfonamides is 1. The molecule has 208 valence electrons. The summed E-state index contributed by atoms with van der Waals surface area (Å²) in [6.07, 6.45) is 0.741. The lowest BCUT2D eigenvalue weighted by atomic mass is 10.1. The van der Waals surface area contributed by atoms with Gasteiger partial charge >= 0.3 is 0 Å². The van der Waals surface area contributed by atoms with E-state index >= 15 is 0 Å². The number of carbonyl (C=O) groups is 2. The van der Waals surface area contributed by atoms with Crippen LogP contribution >= 0.6 is 0 Å². The van der Waals surface area contributed by atoms with Gasteiger partial charge in [0.05, 0.1) is 17.7 Å². The minimum atomic E-state index is -4.11. The van der Waals surface area contributed by atoms with Gasteiger partial charge in [-0.2, -0.15) is 0 Å². The Balaban J connectivity index is 2.02. The van der Waals surface area contributed by atoms with Crippen molar-refractivity contribution < 1.29 is 22.7 Å². The molecule has 0 aliphatic carbocycles. The number of aryl methyl sites for hydroxylation is 1. The van der Waals surface area contributed by atoms with Crippen LogP contribution in [-0.4, -0.2) is 50.9 Å². The molecule has 2 amide bonds. The Morgan fingerprint density at radius 3 is 2.13 bits per heavy atom. The molecule has 0 radical (unpaired) electrons. The van der Waals surface area contributed by atoms with E-state index in [1.807, 2.05) is 45.0 Å². The van der Waals surface area contributed by atoms with E-state index in [1.54, 1.807) is 49.4 Å². The number of carbonyl (C=O) groups excluding carboxylic acids is 2. The van der Waals surface area contributed by atoms with Crippen LogP contribution in [0.1, 0.15) is 38.3 Å². The molecule has 1 N–H and O–H groups in total. The predicted octanol–water partition coefficient (Wildman–Crippen LogP) is 4.53. The number of hydrogen-bond acceptors (Lipinski definition) is 5. The van der Waals surface area contributed by atoms with E-state index in [1.165, 1.54) is 24.1 Å². The molecule has 0 heterocycles. The standard InChI is InChI=1S/C30H37N3O5S/c1-6-23(3)31-30(35)24(4)32(20-25-13-11-10-12-22(25)2)29(34)21-33(26-16-18-27(38-5)19-17-26)39(36,37)28-14-8-7-9-15-28/h7-19,23-24H,6,20-21H2,1-5H3,(H,31,35)/t23-,24-/m1/s1. The van der Waals surface area contributed by atoms with Crippen LogP contribution in [0.2, 0.25) is 0 Å². The van der Waals surface area contributed by atoms with Gasteiger partial charge in [-0.3, -0.25) is 13.9 Å². The quantitative estimate of drug-likeness (QED) is 0.357. The molecule has 8 nitrogen and oxygen atoms in total. The van der Waals surface area contributed by atoms with E-state index < -0.39 is 28.5 Å². The van der Waals surface area contributed by atoms with E-state index in [4.69, 9.17) is 4.74 Å². The average Bonchev–Trinajstić information content (AvgIpc) is 2.95. The topological polar surface area (TPSA) is 96.0 Å². The Bertz CT molecular complexity index is 1360. The summed E-state index contributed by atoms with van der Waals surface area (Å²) in [5.74, 6) is -0.243. The van der Waals surface area contributed by atoms with Crippen LogP contribution in [0, 0.1) is 6.92 Å². The maximum Gasteiger partial charge on any atom is 0.264 e. The molecule has 39 heavy (non-hydrogen) atoms. The van der Waals surface area contributed by atoms with Crippen LogP contribution in [0.4, 0.5) is 5.69 Å². The molecule has 0 fully saturated rings. The second-order valence-electron chi connectivity index (χ2n) is 9.46. The fourth-order valence-corrected chi connectivity index (χ4v) is 5.45. The maximum absolute atomic E-state index is 14.0. The fourth-order valence-electron chi connectivity index (χ4n) is 4.02. The zero-order chi connectivity index (χ0) is 28.6.